The first-order valence-corrected chi connectivity index (χ1v) is 7.14. The van der Waals surface area contributed by atoms with Gasteiger partial charge in [0.1, 0.15) is 0 Å². The lowest BCUT2D eigenvalue weighted by molar-refractivity contribution is 0.623. The second kappa shape index (κ2) is 4.40. The average Bonchev–Trinajstić information content (AvgIpc) is 2.56. The summed E-state index contributed by atoms with van der Waals surface area (Å²) in [4.78, 5) is 4.36. The van der Waals surface area contributed by atoms with E-state index in [0.717, 1.165) is 35.2 Å². The van der Waals surface area contributed by atoms with Gasteiger partial charge in [-0.2, -0.15) is 0 Å². The van der Waals surface area contributed by atoms with Crippen LogP contribution < -0.4 is 5.32 Å². The summed E-state index contributed by atoms with van der Waals surface area (Å²) in [6.07, 6.45) is 2.01. The van der Waals surface area contributed by atoms with Gasteiger partial charge in [-0.25, -0.2) is 4.98 Å². The highest BCUT2D eigenvalue weighted by Crippen LogP contribution is 2.19. The van der Waals surface area contributed by atoms with Crippen LogP contribution in [0, 0.1) is 6.92 Å². The second-order valence-corrected chi connectivity index (χ2v) is 6.11. The van der Waals surface area contributed by atoms with Gasteiger partial charge in [0.15, 0.2) is 5.13 Å². The van der Waals surface area contributed by atoms with E-state index in [4.69, 9.17) is 0 Å². The summed E-state index contributed by atoms with van der Waals surface area (Å²) in [5.41, 5.74) is 1.07. The molecule has 14 heavy (non-hydrogen) atoms. The van der Waals surface area contributed by atoms with E-state index in [-0.39, 0.29) is 0 Å². The highest BCUT2D eigenvalue weighted by Gasteiger charge is 2.18. The van der Waals surface area contributed by atoms with Gasteiger partial charge in [0, 0.05) is 33.7 Å². The summed E-state index contributed by atoms with van der Waals surface area (Å²) in [6, 6.07) is 0.471. The molecule has 0 bridgehead atoms. The largest absolute Gasteiger partial charge is 0.359 e. The van der Waals surface area contributed by atoms with Gasteiger partial charge in [0.2, 0.25) is 0 Å². The van der Waals surface area contributed by atoms with Crippen LogP contribution in [0.4, 0.5) is 5.13 Å². The van der Waals surface area contributed by atoms with Crippen molar-refractivity contribution in [2.24, 2.45) is 0 Å². The molecule has 1 aliphatic heterocycles. The minimum atomic E-state index is -0.571. The number of anilines is 1. The third kappa shape index (κ3) is 2.54. The van der Waals surface area contributed by atoms with Gasteiger partial charge in [-0.05, 0) is 19.8 Å². The summed E-state index contributed by atoms with van der Waals surface area (Å²) < 4.78 is 11.1. The van der Waals surface area contributed by atoms with Crippen molar-refractivity contribution in [2.45, 2.75) is 25.8 Å². The van der Waals surface area contributed by atoms with Gasteiger partial charge in [-0.3, -0.25) is 4.21 Å². The quantitative estimate of drug-likeness (QED) is 0.842. The summed E-state index contributed by atoms with van der Waals surface area (Å²) in [5.74, 6) is 1.67. The summed E-state index contributed by atoms with van der Waals surface area (Å²) in [5, 5.41) is 6.44. The molecule has 2 heterocycles. The molecule has 5 heteroatoms. The fraction of sp³-hybridized carbons (Fsp3) is 0.667. The standard InChI is InChI=1S/C9H14N2OS2/c1-7-6-13-9(10-7)11-8-2-4-14(12)5-3-8/h6,8H,2-5H2,1H3,(H,10,11). The first-order valence-electron chi connectivity index (χ1n) is 4.77. The molecule has 1 aromatic heterocycles. The number of hydrogen-bond donors (Lipinski definition) is 1. The molecule has 3 nitrogen and oxygen atoms in total. The number of thiazole rings is 1. The number of aromatic nitrogens is 1. The van der Waals surface area contributed by atoms with Crippen LogP contribution in [-0.4, -0.2) is 26.7 Å². The van der Waals surface area contributed by atoms with E-state index in [0.29, 0.717) is 6.04 Å². The maximum absolute atomic E-state index is 11.1. The van der Waals surface area contributed by atoms with Crippen molar-refractivity contribution >= 4 is 27.3 Å². The first-order chi connectivity index (χ1) is 6.74. The molecule has 0 amide bonds. The number of hydrogen-bond acceptors (Lipinski definition) is 4. The summed E-state index contributed by atoms with van der Waals surface area (Å²) in [6.45, 7) is 2.00. The Balaban J connectivity index is 1.89. The van der Waals surface area contributed by atoms with E-state index in [1.807, 2.05) is 12.3 Å². The van der Waals surface area contributed by atoms with Gasteiger partial charge in [-0.15, -0.1) is 11.3 Å². The minimum Gasteiger partial charge on any atom is -0.359 e. The Morgan fingerprint density at radius 2 is 2.29 bits per heavy atom. The van der Waals surface area contributed by atoms with Crippen LogP contribution in [-0.2, 0) is 10.8 Å². The summed E-state index contributed by atoms with van der Waals surface area (Å²) in [7, 11) is -0.571. The molecule has 0 aromatic carbocycles. The minimum absolute atomic E-state index is 0.471. The maximum atomic E-state index is 11.1. The van der Waals surface area contributed by atoms with Gasteiger partial charge < -0.3 is 5.32 Å². The SMILES string of the molecule is Cc1csc(NC2CCS(=O)CC2)n1. The van der Waals surface area contributed by atoms with Crippen LogP contribution >= 0.6 is 11.3 Å². The normalized spacial score (nSPS) is 27.5. The number of rotatable bonds is 2. The molecule has 0 radical (unpaired) electrons. The molecule has 1 fully saturated rings. The van der Waals surface area contributed by atoms with E-state index in [2.05, 4.69) is 10.3 Å². The van der Waals surface area contributed by atoms with Crippen molar-refractivity contribution in [1.82, 2.24) is 4.98 Å². The topological polar surface area (TPSA) is 42.0 Å². The number of nitrogens with one attached hydrogen (secondary N) is 1. The number of nitrogens with zero attached hydrogens (tertiary/aromatic N) is 1. The molecule has 0 saturated carbocycles. The Kier molecular flexibility index (Phi) is 3.18. The van der Waals surface area contributed by atoms with Crippen LogP contribution in [0.1, 0.15) is 18.5 Å². The molecule has 78 valence electrons. The van der Waals surface area contributed by atoms with E-state index in [1.165, 1.54) is 0 Å². The van der Waals surface area contributed by atoms with Crippen molar-refractivity contribution < 1.29 is 4.21 Å². The van der Waals surface area contributed by atoms with Gasteiger partial charge in [0.05, 0.1) is 5.69 Å². The molecule has 1 saturated heterocycles. The third-order valence-corrected chi connectivity index (χ3v) is 4.61. The molecule has 0 aliphatic carbocycles. The molecule has 1 aliphatic rings. The molecular weight excluding hydrogens is 216 g/mol. The van der Waals surface area contributed by atoms with Crippen molar-refractivity contribution in [3.8, 4) is 0 Å². The molecule has 0 unspecified atom stereocenters. The molecule has 0 atom stereocenters. The Morgan fingerprint density at radius 1 is 1.57 bits per heavy atom. The van der Waals surface area contributed by atoms with Gasteiger partial charge >= 0.3 is 0 Å². The highest BCUT2D eigenvalue weighted by atomic mass is 32.2. The van der Waals surface area contributed by atoms with Crippen LogP contribution in [0.25, 0.3) is 0 Å². The molecule has 0 spiro atoms. The Labute approximate surface area is 90.4 Å². The van der Waals surface area contributed by atoms with Crippen molar-refractivity contribution in [3.05, 3.63) is 11.1 Å². The highest BCUT2D eigenvalue weighted by molar-refractivity contribution is 7.85. The maximum Gasteiger partial charge on any atom is 0.183 e. The van der Waals surface area contributed by atoms with E-state index in [9.17, 15) is 4.21 Å². The van der Waals surface area contributed by atoms with E-state index < -0.39 is 10.8 Å². The Morgan fingerprint density at radius 3 is 2.86 bits per heavy atom. The van der Waals surface area contributed by atoms with Crippen molar-refractivity contribution in [3.63, 3.8) is 0 Å². The lowest BCUT2D eigenvalue weighted by atomic mass is 10.2. The van der Waals surface area contributed by atoms with E-state index in [1.54, 1.807) is 11.3 Å². The molecule has 2 rings (SSSR count). The Bertz CT molecular complexity index is 327. The lowest BCUT2D eigenvalue weighted by Gasteiger charge is -2.21. The van der Waals surface area contributed by atoms with Crippen molar-refractivity contribution in [2.75, 3.05) is 16.8 Å². The zero-order valence-corrected chi connectivity index (χ0v) is 9.79. The lowest BCUT2D eigenvalue weighted by Crippen LogP contribution is -2.29. The predicted molar refractivity (Wildman–Crippen MR) is 61.4 cm³/mol. The predicted octanol–water partition coefficient (Wildman–Crippen LogP) is 1.77. The van der Waals surface area contributed by atoms with Crippen LogP contribution in [0.3, 0.4) is 0 Å². The Hall–Kier alpha value is -0.420. The van der Waals surface area contributed by atoms with Gasteiger partial charge in [-0.1, -0.05) is 0 Å². The van der Waals surface area contributed by atoms with E-state index >= 15 is 0 Å². The fourth-order valence-corrected chi connectivity index (χ4v) is 3.60. The smallest absolute Gasteiger partial charge is 0.183 e. The van der Waals surface area contributed by atoms with Gasteiger partial charge in [0.25, 0.3) is 0 Å². The third-order valence-electron chi connectivity index (χ3n) is 2.33. The first kappa shape index (κ1) is 10.1. The number of aryl methyl sites for hydroxylation is 1. The molecule has 1 N–H and O–H groups in total. The monoisotopic (exact) mass is 230 g/mol. The van der Waals surface area contributed by atoms with Crippen molar-refractivity contribution in [1.29, 1.82) is 0 Å². The zero-order valence-electron chi connectivity index (χ0n) is 8.16. The second-order valence-electron chi connectivity index (χ2n) is 3.56. The average molecular weight is 230 g/mol. The molecular formula is C9H14N2OS2. The van der Waals surface area contributed by atoms with Crippen LogP contribution in [0.15, 0.2) is 5.38 Å². The van der Waals surface area contributed by atoms with Crippen LogP contribution in [0.2, 0.25) is 0 Å². The zero-order chi connectivity index (χ0) is 9.97. The van der Waals surface area contributed by atoms with Crippen LogP contribution in [0.5, 0.6) is 0 Å². The fourth-order valence-electron chi connectivity index (χ4n) is 1.53. The summed E-state index contributed by atoms with van der Waals surface area (Å²) >= 11 is 1.65. The molecule has 1 aromatic rings.